The van der Waals surface area contributed by atoms with Gasteiger partial charge in [0.15, 0.2) is 0 Å². The number of ether oxygens (including phenoxy) is 1. The molecule has 0 saturated carbocycles. The molecule has 7 aromatic rings. The number of hydrogen-bond acceptors (Lipinski definition) is 3. The number of rotatable bonds is 4. The van der Waals surface area contributed by atoms with Gasteiger partial charge in [-0.15, -0.1) is 24.3 Å². The fourth-order valence-electron chi connectivity index (χ4n) is 5.02. The fourth-order valence-corrected chi connectivity index (χ4v) is 5.02. The van der Waals surface area contributed by atoms with E-state index in [2.05, 4.69) is 54.8 Å². The fraction of sp³-hybridized carbons (Fsp3) is 0.147. The predicted molar refractivity (Wildman–Crippen MR) is 156 cm³/mol. The van der Waals surface area contributed by atoms with Gasteiger partial charge >= 0.3 is 0 Å². The minimum atomic E-state index is -2.38. The summed E-state index contributed by atoms with van der Waals surface area (Å²) in [6, 6.07) is 31.4. The van der Waals surface area contributed by atoms with Gasteiger partial charge in [-0.3, -0.25) is 4.98 Å². The summed E-state index contributed by atoms with van der Waals surface area (Å²) in [4.78, 5) is 9.38. The van der Waals surface area contributed by atoms with Crippen LogP contribution in [-0.2, 0) is 33.5 Å². The zero-order chi connectivity index (χ0) is 29.9. The Morgan fingerprint density at radius 1 is 0.854 bits per heavy atom. The minimum Gasteiger partial charge on any atom is -0.510 e. The molecule has 0 saturated heterocycles. The van der Waals surface area contributed by atoms with Crippen molar-refractivity contribution < 1.29 is 34.5 Å². The number of imidazole rings is 1. The number of hydrogen-bond donors (Lipinski definition) is 0. The van der Waals surface area contributed by atoms with Crippen molar-refractivity contribution >= 4 is 33.0 Å². The molecule has 7 rings (SSSR count). The van der Waals surface area contributed by atoms with Gasteiger partial charge in [-0.25, -0.2) is 4.98 Å². The molecular formula is C34H27N5OPt-2. The molecule has 0 aliphatic carbocycles. The van der Waals surface area contributed by atoms with Gasteiger partial charge in [0, 0.05) is 50.5 Å². The second-order valence-corrected chi connectivity index (χ2v) is 10.7. The van der Waals surface area contributed by atoms with Gasteiger partial charge in [0.1, 0.15) is 5.82 Å². The van der Waals surface area contributed by atoms with Crippen molar-refractivity contribution in [1.82, 2.24) is 19.1 Å². The molecule has 0 spiro atoms. The van der Waals surface area contributed by atoms with Crippen LogP contribution in [0.15, 0.2) is 91.3 Å². The summed E-state index contributed by atoms with van der Waals surface area (Å²) in [7, 11) is 0. The van der Waals surface area contributed by atoms with E-state index in [1.165, 1.54) is 10.1 Å². The monoisotopic (exact) mass is 719 g/mol. The molecule has 0 aliphatic rings. The van der Waals surface area contributed by atoms with Gasteiger partial charge in [-0.05, 0) is 35.2 Å². The number of nitrogens with zero attached hydrogens (tertiary/aromatic N) is 5. The Balaban J connectivity index is 0.00000343. The van der Waals surface area contributed by atoms with Crippen LogP contribution in [0, 0.1) is 18.5 Å². The van der Waals surface area contributed by atoms with Crippen molar-refractivity contribution in [3.05, 3.63) is 115 Å². The third-order valence-electron chi connectivity index (χ3n) is 7.02. The Hall–Kier alpha value is -4.28. The Morgan fingerprint density at radius 2 is 1.68 bits per heavy atom. The zero-order valence-corrected chi connectivity index (χ0v) is 24.9. The van der Waals surface area contributed by atoms with Crippen LogP contribution < -0.4 is 9.30 Å². The van der Waals surface area contributed by atoms with Gasteiger partial charge in [-0.1, -0.05) is 61.6 Å². The van der Waals surface area contributed by atoms with Crippen LogP contribution in [0.5, 0.6) is 11.5 Å². The molecule has 0 amide bonds. The van der Waals surface area contributed by atoms with Crippen molar-refractivity contribution in [2.24, 2.45) is 6.98 Å². The van der Waals surface area contributed by atoms with E-state index in [1.807, 2.05) is 66.9 Å². The first-order valence-corrected chi connectivity index (χ1v) is 13.0. The third-order valence-corrected chi connectivity index (χ3v) is 7.02. The molecule has 0 unspecified atom stereocenters. The van der Waals surface area contributed by atoms with E-state index in [9.17, 15) is 0 Å². The molecule has 3 aromatic carbocycles. The SMILES string of the molecule is [2H]C([2H])([2H])n1[c-][n+](-c2[c-]c(Oc3[c-]c4c(cc3)c3ncccc3n4-c3cc(C(C)(C)C)ccn3)ccc2)c2ccccc21.[Pt]. The molecule has 6 nitrogen and oxygen atoms in total. The molecule has 4 heterocycles. The van der Waals surface area contributed by atoms with E-state index >= 15 is 0 Å². The molecule has 0 atom stereocenters. The van der Waals surface area contributed by atoms with Crippen molar-refractivity contribution in [1.29, 1.82) is 0 Å². The van der Waals surface area contributed by atoms with Crippen LogP contribution >= 0.6 is 0 Å². The van der Waals surface area contributed by atoms with Crippen LogP contribution in [0.2, 0.25) is 0 Å². The smallest absolute Gasteiger partial charge is 0.242 e. The number of fused-ring (bicyclic) bond motifs is 4. The minimum absolute atomic E-state index is 0. The molecule has 0 radical (unpaired) electrons. The number of para-hydroxylation sites is 2. The van der Waals surface area contributed by atoms with Crippen molar-refractivity contribution in [2.45, 2.75) is 26.2 Å². The molecule has 0 fully saturated rings. The molecule has 41 heavy (non-hydrogen) atoms. The number of aromatic nitrogens is 5. The Bertz CT molecular complexity index is 2160. The second-order valence-electron chi connectivity index (χ2n) is 10.7. The van der Waals surface area contributed by atoms with Gasteiger partial charge in [0.2, 0.25) is 6.33 Å². The quantitative estimate of drug-likeness (QED) is 0.148. The summed E-state index contributed by atoms with van der Waals surface area (Å²) in [5.74, 6) is 1.73. The van der Waals surface area contributed by atoms with E-state index < -0.39 is 6.98 Å². The first kappa shape index (κ1) is 23.4. The molecule has 7 heteroatoms. The first-order valence-electron chi connectivity index (χ1n) is 14.5. The normalized spacial score (nSPS) is 13.1. The molecular weight excluding hydrogens is 689 g/mol. The van der Waals surface area contributed by atoms with Crippen LogP contribution in [0.4, 0.5) is 0 Å². The van der Waals surface area contributed by atoms with E-state index in [0.717, 1.165) is 27.8 Å². The van der Waals surface area contributed by atoms with Crippen LogP contribution in [0.3, 0.4) is 0 Å². The van der Waals surface area contributed by atoms with Crippen molar-refractivity contribution in [2.75, 3.05) is 0 Å². The van der Waals surface area contributed by atoms with E-state index in [0.29, 0.717) is 28.2 Å². The molecule has 206 valence electrons. The van der Waals surface area contributed by atoms with Gasteiger partial charge < -0.3 is 18.4 Å². The Labute approximate surface area is 257 Å². The largest absolute Gasteiger partial charge is 0.510 e. The maximum atomic E-state index is 7.95. The summed E-state index contributed by atoms with van der Waals surface area (Å²) in [5.41, 5.74) is 5.55. The van der Waals surface area contributed by atoms with Crippen molar-refractivity contribution in [3.63, 3.8) is 0 Å². The maximum absolute atomic E-state index is 7.95. The third kappa shape index (κ3) is 4.72. The molecule has 0 bridgehead atoms. The summed E-state index contributed by atoms with van der Waals surface area (Å²) < 4.78 is 35.1. The van der Waals surface area contributed by atoms with Crippen LogP contribution in [0.25, 0.3) is 44.5 Å². The summed E-state index contributed by atoms with van der Waals surface area (Å²) in [5, 5.41) is 0.936. The second kappa shape index (κ2) is 10.3. The maximum Gasteiger partial charge on any atom is 0.242 e. The van der Waals surface area contributed by atoms with Gasteiger partial charge in [-0.2, -0.15) is 18.2 Å². The first-order chi connectivity index (χ1) is 20.6. The standard InChI is InChI=1S/C34H27N5O.Pt/c1-34(2,3)23-16-18-35-32(19-23)39-30-13-8-17-36-33(30)27-15-14-26(21-31(27)39)40-25-10-7-9-24(20-25)38-22-37(4)28-11-5-6-12-29(28)38;/h5-19H,1-4H3;/q-2;/i4D3;. The molecule has 0 aliphatic heterocycles. The van der Waals surface area contributed by atoms with Crippen LogP contribution in [0.1, 0.15) is 30.4 Å². The van der Waals surface area contributed by atoms with E-state index in [-0.39, 0.29) is 26.5 Å². The van der Waals surface area contributed by atoms with Crippen molar-refractivity contribution in [3.8, 4) is 23.0 Å². The number of aryl methyl sites for hydroxylation is 1. The van der Waals surface area contributed by atoms with Gasteiger partial charge in [0.05, 0.1) is 27.6 Å². The summed E-state index contributed by atoms with van der Waals surface area (Å²) in [6.07, 6.45) is 6.60. The average Bonchev–Trinajstić information content (AvgIpc) is 3.53. The summed E-state index contributed by atoms with van der Waals surface area (Å²) >= 11 is 0. The Morgan fingerprint density at radius 3 is 2.54 bits per heavy atom. The molecule has 0 N–H and O–H groups in total. The van der Waals surface area contributed by atoms with E-state index in [1.54, 1.807) is 22.9 Å². The number of benzene rings is 3. The average molecular weight is 720 g/mol. The predicted octanol–water partition coefficient (Wildman–Crippen LogP) is 6.83. The number of pyridine rings is 2. The topological polar surface area (TPSA) is 48.8 Å². The zero-order valence-electron chi connectivity index (χ0n) is 25.6. The summed E-state index contributed by atoms with van der Waals surface area (Å²) in [6.45, 7) is 4.16. The van der Waals surface area contributed by atoms with E-state index in [4.69, 9.17) is 13.8 Å². The molecule has 4 aromatic heterocycles. The van der Waals surface area contributed by atoms with Crippen LogP contribution in [-0.4, -0.2) is 19.1 Å². The Kier molecular flexibility index (Phi) is 5.87. The van der Waals surface area contributed by atoms with Gasteiger partial charge in [0.25, 0.3) is 0 Å².